The molecule has 2 aromatic carbocycles. The van der Waals surface area contributed by atoms with Crippen molar-refractivity contribution in [3.63, 3.8) is 0 Å². The minimum absolute atomic E-state index is 0.0201. The Labute approximate surface area is 129 Å². The van der Waals surface area contributed by atoms with Crippen LogP contribution in [-0.2, 0) is 4.79 Å². The minimum Gasteiger partial charge on any atom is -0.483 e. The summed E-state index contributed by atoms with van der Waals surface area (Å²) in [6.45, 7) is 5.97. The summed E-state index contributed by atoms with van der Waals surface area (Å²) in [5.74, 6) is 0.582. The molecule has 0 aliphatic carbocycles. The zero-order valence-electron chi connectivity index (χ0n) is 12.4. The van der Waals surface area contributed by atoms with Crippen LogP contribution in [0.3, 0.4) is 0 Å². The van der Waals surface area contributed by atoms with Crippen molar-refractivity contribution in [3.05, 3.63) is 58.1 Å². The minimum atomic E-state index is -0.197. The van der Waals surface area contributed by atoms with Gasteiger partial charge in [-0.15, -0.1) is 0 Å². The zero-order chi connectivity index (χ0) is 15.4. The number of carbonyl (C=O) groups excluding carboxylic acids is 1. The van der Waals surface area contributed by atoms with Gasteiger partial charge in [0, 0.05) is 10.7 Å². The number of halogens is 1. The molecule has 0 fully saturated rings. The third-order valence-electron chi connectivity index (χ3n) is 3.35. The summed E-state index contributed by atoms with van der Waals surface area (Å²) in [5, 5.41) is 3.40. The second-order valence-electron chi connectivity index (χ2n) is 5.00. The fourth-order valence-electron chi connectivity index (χ4n) is 2.02. The number of hydrogen-bond donors (Lipinski definition) is 1. The Hall–Kier alpha value is -2.00. The van der Waals surface area contributed by atoms with E-state index >= 15 is 0 Å². The van der Waals surface area contributed by atoms with E-state index in [1.807, 2.05) is 32.9 Å². The fraction of sp³-hybridized carbons (Fsp3) is 0.235. The maximum absolute atomic E-state index is 11.9. The van der Waals surface area contributed by atoms with Gasteiger partial charge in [-0.1, -0.05) is 23.7 Å². The van der Waals surface area contributed by atoms with Crippen LogP contribution in [0.2, 0.25) is 5.02 Å². The predicted octanol–water partition coefficient (Wildman–Crippen LogP) is 4.28. The number of rotatable bonds is 4. The summed E-state index contributed by atoms with van der Waals surface area (Å²) in [4.78, 5) is 11.9. The molecule has 2 rings (SSSR count). The van der Waals surface area contributed by atoms with Crippen LogP contribution in [0.4, 0.5) is 5.69 Å². The fourth-order valence-corrected chi connectivity index (χ4v) is 2.14. The topological polar surface area (TPSA) is 38.3 Å². The number of ether oxygens (including phenoxy) is 1. The Balaban J connectivity index is 1.98. The molecule has 0 unspecified atom stereocenters. The first-order valence-electron chi connectivity index (χ1n) is 6.72. The van der Waals surface area contributed by atoms with Crippen LogP contribution < -0.4 is 10.1 Å². The van der Waals surface area contributed by atoms with Gasteiger partial charge < -0.3 is 10.1 Å². The Morgan fingerprint density at radius 1 is 1.05 bits per heavy atom. The van der Waals surface area contributed by atoms with E-state index in [4.69, 9.17) is 16.3 Å². The number of benzene rings is 2. The first-order chi connectivity index (χ1) is 9.97. The molecule has 4 heteroatoms. The highest BCUT2D eigenvalue weighted by molar-refractivity contribution is 6.30. The van der Waals surface area contributed by atoms with E-state index in [0.29, 0.717) is 10.7 Å². The van der Waals surface area contributed by atoms with E-state index in [9.17, 15) is 4.79 Å². The Kier molecular flexibility index (Phi) is 4.86. The molecular formula is C17H18ClNO2. The molecule has 0 aromatic heterocycles. The summed E-state index contributed by atoms with van der Waals surface area (Å²) in [6, 6.07) is 11.0. The van der Waals surface area contributed by atoms with Gasteiger partial charge in [-0.05, 0) is 61.7 Å². The molecule has 0 heterocycles. The van der Waals surface area contributed by atoms with Gasteiger partial charge in [0.25, 0.3) is 5.91 Å². The third kappa shape index (κ3) is 3.99. The summed E-state index contributed by atoms with van der Waals surface area (Å²) in [6.07, 6.45) is 0. The lowest BCUT2D eigenvalue weighted by molar-refractivity contribution is -0.118. The van der Waals surface area contributed by atoms with E-state index in [1.165, 1.54) is 0 Å². The Bertz CT molecular complexity index is 651. The molecule has 3 nitrogen and oxygen atoms in total. The molecule has 0 spiro atoms. The second kappa shape index (κ2) is 6.64. The molecule has 0 radical (unpaired) electrons. The number of amides is 1. The predicted molar refractivity (Wildman–Crippen MR) is 86.2 cm³/mol. The largest absolute Gasteiger partial charge is 0.483 e. The van der Waals surface area contributed by atoms with E-state index < -0.39 is 0 Å². The van der Waals surface area contributed by atoms with Gasteiger partial charge in [0.05, 0.1) is 0 Å². The van der Waals surface area contributed by atoms with Crippen molar-refractivity contribution >= 4 is 23.2 Å². The maximum atomic E-state index is 11.9. The summed E-state index contributed by atoms with van der Waals surface area (Å²) >= 11 is 5.80. The maximum Gasteiger partial charge on any atom is 0.262 e. The average Bonchev–Trinajstić information content (AvgIpc) is 2.45. The molecule has 0 saturated heterocycles. The number of nitrogens with one attached hydrogen (secondary N) is 1. The Morgan fingerprint density at radius 3 is 2.33 bits per heavy atom. The molecule has 0 atom stereocenters. The molecule has 0 saturated carbocycles. The molecule has 1 N–H and O–H groups in total. The lowest BCUT2D eigenvalue weighted by Crippen LogP contribution is -2.20. The van der Waals surface area contributed by atoms with Crippen molar-refractivity contribution in [1.29, 1.82) is 0 Å². The van der Waals surface area contributed by atoms with Crippen LogP contribution in [0.1, 0.15) is 16.7 Å². The Morgan fingerprint density at radius 2 is 1.67 bits per heavy atom. The van der Waals surface area contributed by atoms with Gasteiger partial charge in [0.1, 0.15) is 5.75 Å². The van der Waals surface area contributed by atoms with Crippen LogP contribution >= 0.6 is 11.6 Å². The van der Waals surface area contributed by atoms with E-state index in [0.717, 1.165) is 22.4 Å². The highest BCUT2D eigenvalue weighted by Crippen LogP contribution is 2.25. The first kappa shape index (κ1) is 15.4. The van der Waals surface area contributed by atoms with Crippen molar-refractivity contribution < 1.29 is 9.53 Å². The summed E-state index contributed by atoms with van der Waals surface area (Å²) < 4.78 is 5.67. The lowest BCUT2D eigenvalue weighted by atomic mass is 10.1. The zero-order valence-corrected chi connectivity index (χ0v) is 13.1. The summed E-state index contributed by atoms with van der Waals surface area (Å²) in [5.41, 5.74) is 3.94. The van der Waals surface area contributed by atoms with Gasteiger partial charge in [-0.2, -0.15) is 0 Å². The van der Waals surface area contributed by atoms with E-state index in [1.54, 1.807) is 24.3 Å². The van der Waals surface area contributed by atoms with Crippen LogP contribution in [0.5, 0.6) is 5.75 Å². The molecule has 0 aliphatic heterocycles. The number of aryl methyl sites for hydroxylation is 2. The highest BCUT2D eigenvalue weighted by atomic mass is 35.5. The molecule has 0 aliphatic rings. The lowest BCUT2D eigenvalue weighted by Gasteiger charge is -2.14. The van der Waals surface area contributed by atoms with E-state index in [-0.39, 0.29) is 12.5 Å². The monoisotopic (exact) mass is 303 g/mol. The van der Waals surface area contributed by atoms with Crippen LogP contribution in [0, 0.1) is 20.8 Å². The molecule has 110 valence electrons. The molecule has 2 aromatic rings. The van der Waals surface area contributed by atoms with Gasteiger partial charge in [-0.3, -0.25) is 4.79 Å². The number of carbonyl (C=O) groups is 1. The van der Waals surface area contributed by atoms with Crippen molar-refractivity contribution in [2.75, 3.05) is 11.9 Å². The molecular weight excluding hydrogens is 286 g/mol. The van der Waals surface area contributed by atoms with Gasteiger partial charge in [0.15, 0.2) is 6.61 Å². The van der Waals surface area contributed by atoms with E-state index in [2.05, 4.69) is 5.32 Å². The second-order valence-corrected chi connectivity index (χ2v) is 5.43. The summed E-state index contributed by atoms with van der Waals surface area (Å²) in [7, 11) is 0. The first-order valence-corrected chi connectivity index (χ1v) is 7.10. The van der Waals surface area contributed by atoms with Gasteiger partial charge in [0.2, 0.25) is 0 Å². The number of anilines is 1. The third-order valence-corrected chi connectivity index (χ3v) is 3.60. The van der Waals surface area contributed by atoms with Crippen molar-refractivity contribution in [2.24, 2.45) is 0 Å². The van der Waals surface area contributed by atoms with Crippen molar-refractivity contribution in [2.45, 2.75) is 20.8 Å². The smallest absolute Gasteiger partial charge is 0.262 e. The normalized spacial score (nSPS) is 10.3. The van der Waals surface area contributed by atoms with Crippen LogP contribution in [0.25, 0.3) is 0 Å². The van der Waals surface area contributed by atoms with Crippen molar-refractivity contribution in [3.8, 4) is 5.75 Å². The van der Waals surface area contributed by atoms with Crippen LogP contribution in [0.15, 0.2) is 36.4 Å². The standard InChI is InChI=1S/C17H18ClNO2/c1-11-4-5-12(2)17(13(11)3)21-10-16(20)19-15-8-6-14(18)7-9-15/h4-9H,10H2,1-3H3,(H,19,20). The van der Waals surface area contributed by atoms with Crippen molar-refractivity contribution in [1.82, 2.24) is 0 Å². The highest BCUT2D eigenvalue weighted by Gasteiger charge is 2.09. The SMILES string of the molecule is Cc1ccc(C)c(OCC(=O)Nc2ccc(Cl)cc2)c1C. The quantitative estimate of drug-likeness (QED) is 0.915. The average molecular weight is 304 g/mol. The van der Waals surface area contributed by atoms with Crippen LogP contribution in [-0.4, -0.2) is 12.5 Å². The molecule has 0 bridgehead atoms. The molecule has 1 amide bonds. The number of hydrogen-bond acceptors (Lipinski definition) is 2. The van der Waals surface area contributed by atoms with Gasteiger partial charge in [-0.25, -0.2) is 0 Å². The van der Waals surface area contributed by atoms with Gasteiger partial charge >= 0.3 is 0 Å². The molecule has 21 heavy (non-hydrogen) atoms.